The van der Waals surface area contributed by atoms with E-state index in [1.165, 1.54) is 25.7 Å². The van der Waals surface area contributed by atoms with Crippen LogP contribution in [-0.4, -0.2) is 18.4 Å². The molecule has 0 spiro atoms. The second-order valence-electron chi connectivity index (χ2n) is 5.00. The van der Waals surface area contributed by atoms with E-state index in [2.05, 4.69) is 6.92 Å². The molecule has 0 amide bonds. The van der Waals surface area contributed by atoms with Gasteiger partial charge in [0.05, 0.1) is 5.56 Å². The molecule has 0 saturated heterocycles. The average molecular weight is 276 g/mol. The van der Waals surface area contributed by atoms with Gasteiger partial charge in [-0.1, -0.05) is 57.2 Å². The third-order valence-corrected chi connectivity index (χ3v) is 3.26. The van der Waals surface area contributed by atoms with Gasteiger partial charge < -0.3 is 4.74 Å². The van der Waals surface area contributed by atoms with Crippen molar-refractivity contribution in [1.82, 2.24) is 0 Å². The number of hydrogen-bond acceptors (Lipinski definition) is 3. The van der Waals surface area contributed by atoms with Gasteiger partial charge in [-0.05, 0) is 25.0 Å². The van der Waals surface area contributed by atoms with E-state index in [9.17, 15) is 9.59 Å². The summed E-state index contributed by atoms with van der Waals surface area (Å²) in [4.78, 5) is 22.8. The van der Waals surface area contributed by atoms with Gasteiger partial charge in [0.15, 0.2) is 12.4 Å². The molecule has 0 heterocycles. The predicted octanol–water partition coefficient (Wildman–Crippen LogP) is 4.16. The summed E-state index contributed by atoms with van der Waals surface area (Å²) in [7, 11) is 0. The van der Waals surface area contributed by atoms with E-state index in [0.717, 1.165) is 19.1 Å². The number of carbonyl (C=O) groups excluding carboxylic acids is 2. The Bertz CT molecular complexity index is 386. The molecule has 0 radical (unpaired) electrons. The van der Waals surface area contributed by atoms with Crippen molar-refractivity contribution in [3.63, 3.8) is 0 Å². The van der Waals surface area contributed by atoms with Crippen LogP contribution in [0, 0.1) is 0 Å². The summed E-state index contributed by atoms with van der Waals surface area (Å²) in [5, 5.41) is 0. The van der Waals surface area contributed by atoms with E-state index < -0.39 is 12.1 Å². The molecule has 0 aliphatic heterocycles. The minimum absolute atomic E-state index is 0.423. The first-order chi connectivity index (χ1) is 9.77. The van der Waals surface area contributed by atoms with Crippen LogP contribution in [0.3, 0.4) is 0 Å². The molecule has 0 aliphatic rings. The zero-order chi connectivity index (χ0) is 14.6. The second kappa shape index (κ2) is 10.2. The fraction of sp³-hybridized carbons (Fsp3) is 0.529. The maximum absolute atomic E-state index is 11.8. The van der Waals surface area contributed by atoms with Crippen molar-refractivity contribution in [3.05, 3.63) is 35.9 Å². The topological polar surface area (TPSA) is 43.4 Å². The number of esters is 1. The molecule has 1 aromatic rings. The minimum atomic E-state index is -0.617. The molecule has 0 aromatic heterocycles. The van der Waals surface area contributed by atoms with Crippen LogP contribution in [0.25, 0.3) is 0 Å². The van der Waals surface area contributed by atoms with Crippen molar-refractivity contribution in [3.8, 4) is 0 Å². The summed E-state index contributed by atoms with van der Waals surface area (Å²) in [5.74, 6) is -0.423. The lowest BCUT2D eigenvalue weighted by Crippen LogP contribution is -2.19. The standard InChI is InChI=1S/C17H24O3/c1-2-3-4-5-6-10-13-16(14-18)20-17(19)15-11-8-7-9-12-15/h7-9,11-12,14,16H,2-6,10,13H2,1H3. The molecular weight excluding hydrogens is 252 g/mol. The summed E-state index contributed by atoms with van der Waals surface area (Å²) >= 11 is 0. The SMILES string of the molecule is CCCCCCCCC(C=O)OC(=O)c1ccccc1. The van der Waals surface area contributed by atoms with E-state index in [1.807, 2.05) is 6.07 Å². The van der Waals surface area contributed by atoms with Crippen molar-refractivity contribution in [1.29, 1.82) is 0 Å². The van der Waals surface area contributed by atoms with Crippen LogP contribution in [0.15, 0.2) is 30.3 Å². The molecule has 1 aromatic carbocycles. The van der Waals surface area contributed by atoms with Gasteiger partial charge in [-0.2, -0.15) is 0 Å². The first kappa shape index (κ1) is 16.4. The second-order valence-corrected chi connectivity index (χ2v) is 5.00. The van der Waals surface area contributed by atoms with E-state index in [-0.39, 0.29) is 0 Å². The van der Waals surface area contributed by atoms with Crippen LogP contribution in [0.4, 0.5) is 0 Å². The Labute approximate surface area is 121 Å². The molecular formula is C17H24O3. The molecule has 0 saturated carbocycles. The van der Waals surface area contributed by atoms with Crippen molar-refractivity contribution < 1.29 is 14.3 Å². The Morgan fingerprint density at radius 3 is 2.40 bits per heavy atom. The first-order valence-corrected chi connectivity index (χ1v) is 7.49. The molecule has 1 atom stereocenters. The van der Waals surface area contributed by atoms with Crippen LogP contribution < -0.4 is 0 Å². The highest BCUT2D eigenvalue weighted by molar-refractivity contribution is 5.90. The van der Waals surface area contributed by atoms with Crippen LogP contribution in [-0.2, 0) is 9.53 Å². The van der Waals surface area contributed by atoms with Gasteiger partial charge in [0.25, 0.3) is 0 Å². The van der Waals surface area contributed by atoms with Gasteiger partial charge in [0.2, 0.25) is 0 Å². The number of benzene rings is 1. The minimum Gasteiger partial charge on any atom is -0.451 e. The fourth-order valence-electron chi connectivity index (χ4n) is 2.06. The van der Waals surface area contributed by atoms with Crippen molar-refractivity contribution in [2.24, 2.45) is 0 Å². The number of ether oxygens (including phenoxy) is 1. The zero-order valence-electron chi connectivity index (χ0n) is 12.2. The maximum atomic E-state index is 11.8. The van der Waals surface area contributed by atoms with Crippen molar-refractivity contribution in [2.75, 3.05) is 0 Å². The lowest BCUT2D eigenvalue weighted by Gasteiger charge is -2.12. The highest BCUT2D eigenvalue weighted by Crippen LogP contribution is 2.11. The van der Waals surface area contributed by atoms with E-state index in [0.29, 0.717) is 12.0 Å². The number of unbranched alkanes of at least 4 members (excludes halogenated alkanes) is 5. The summed E-state index contributed by atoms with van der Waals surface area (Å²) in [6.45, 7) is 2.19. The third-order valence-electron chi connectivity index (χ3n) is 3.26. The molecule has 1 rings (SSSR count). The lowest BCUT2D eigenvalue weighted by molar-refractivity contribution is -0.115. The molecule has 0 bridgehead atoms. The van der Waals surface area contributed by atoms with E-state index >= 15 is 0 Å². The predicted molar refractivity (Wildman–Crippen MR) is 79.7 cm³/mol. The summed E-state index contributed by atoms with van der Waals surface area (Å²) < 4.78 is 5.21. The lowest BCUT2D eigenvalue weighted by atomic mass is 10.1. The summed E-state index contributed by atoms with van der Waals surface area (Å²) in [6, 6.07) is 8.77. The first-order valence-electron chi connectivity index (χ1n) is 7.49. The molecule has 20 heavy (non-hydrogen) atoms. The number of hydrogen-bond donors (Lipinski definition) is 0. The van der Waals surface area contributed by atoms with Crippen molar-refractivity contribution in [2.45, 2.75) is 58.0 Å². The Hall–Kier alpha value is -1.64. The fourth-order valence-corrected chi connectivity index (χ4v) is 2.06. The molecule has 3 heteroatoms. The molecule has 1 unspecified atom stereocenters. The summed E-state index contributed by atoms with van der Waals surface area (Å²) in [6.07, 6.45) is 7.67. The zero-order valence-corrected chi connectivity index (χ0v) is 12.2. The molecule has 0 fully saturated rings. The number of aldehydes is 1. The smallest absolute Gasteiger partial charge is 0.338 e. The van der Waals surface area contributed by atoms with E-state index in [4.69, 9.17) is 4.74 Å². The van der Waals surface area contributed by atoms with Gasteiger partial charge in [0, 0.05) is 0 Å². The Morgan fingerprint density at radius 2 is 1.75 bits per heavy atom. The van der Waals surface area contributed by atoms with Crippen LogP contribution >= 0.6 is 0 Å². The van der Waals surface area contributed by atoms with Crippen LogP contribution in [0.5, 0.6) is 0 Å². The number of carbonyl (C=O) groups is 2. The average Bonchev–Trinajstić information content (AvgIpc) is 2.50. The molecule has 110 valence electrons. The van der Waals surface area contributed by atoms with Crippen LogP contribution in [0.2, 0.25) is 0 Å². The Balaban J connectivity index is 2.25. The normalized spacial score (nSPS) is 11.8. The van der Waals surface area contributed by atoms with Crippen molar-refractivity contribution >= 4 is 12.3 Å². The highest BCUT2D eigenvalue weighted by atomic mass is 16.5. The third kappa shape index (κ3) is 6.50. The monoisotopic (exact) mass is 276 g/mol. The Morgan fingerprint density at radius 1 is 1.10 bits per heavy atom. The molecule has 3 nitrogen and oxygen atoms in total. The van der Waals surface area contributed by atoms with Gasteiger partial charge in [-0.25, -0.2) is 4.79 Å². The number of rotatable bonds is 10. The van der Waals surface area contributed by atoms with Gasteiger partial charge in [-0.3, -0.25) is 4.79 Å². The molecule has 0 aliphatic carbocycles. The van der Waals surface area contributed by atoms with Gasteiger partial charge in [0.1, 0.15) is 0 Å². The largest absolute Gasteiger partial charge is 0.451 e. The van der Waals surface area contributed by atoms with Gasteiger partial charge in [-0.15, -0.1) is 0 Å². The summed E-state index contributed by atoms with van der Waals surface area (Å²) in [5.41, 5.74) is 0.488. The highest BCUT2D eigenvalue weighted by Gasteiger charge is 2.14. The molecule has 0 N–H and O–H groups in total. The van der Waals surface area contributed by atoms with Gasteiger partial charge >= 0.3 is 5.97 Å². The van der Waals surface area contributed by atoms with E-state index in [1.54, 1.807) is 24.3 Å². The quantitative estimate of drug-likeness (QED) is 0.366. The van der Waals surface area contributed by atoms with Crippen LogP contribution in [0.1, 0.15) is 62.2 Å². The maximum Gasteiger partial charge on any atom is 0.338 e. The Kier molecular flexibility index (Phi) is 8.36.